The zero-order chi connectivity index (χ0) is 14.5. The maximum atomic E-state index is 12.2. The fraction of sp³-hybridized carbons (Fsp3) is 0.533. The first-order valence-electron chi connectivity index (χ1n) is 6.58. The number of ether oxygens (including phenoxy) is 2. The van der Waals surface area contributed by atoms with Crippen molar-refractivity contribution in [1.82, 2.24) is 0 Å². The Labute approximate surface area is 123 Å². The molecule has 1 aromatic rings. The van der Waals surface area contributed by atoms with Gasteiger partial charge in [0.05, 0.1) is 17.1 Å². The number of carbonyl (C=O) groups is 1. The summed E-state index contributed by atoms with van der Waals surface area (Å²) in [5, 5.41) is 0. The smallest absolute Gasteiger partial charge is 0.338 e. The van der Waals surface area contributed by atoms with Crippen molar-refractivity contribution < 1.29 is 14.3 Å². The number of carbonyl (C=O) groups excluding carboxylic acids is 1. The molecule has 106 valence electrons. The lowest BCUT2D eigenvalue weighted by atomic mass is 9.94. The lowest BCUT2D eigenvalue weighted by Gasteiger charge is -2.30. The van der Waals surface area contributed by atoms with Gasteiger partial charge in [-0.2, -0.15) is 0 Å². The van der Waals surface area contributed by atoms with Gasteiger partial charge in [0, 0.05) is 0 Å². The molecule has 0 heterocycles. The predicted molar refractivity (Wildman–Crippen MR) is 79.7 cm³/mol. The zero-order valence-corrected chi connectivity index (χ0v) is 13.5. The normalized spacial score (nSPS) is 11.2. The number of hydrogen-bond donors (Lipinski definition) is 0. The molecule has 0 saturated heterocycles. The first-order valence-corrected chi connectivity index (χ1v) is 7.38. The minimum absolute atomic E-state index is 0.295. The van der Waals surface area contributed by atoms with Gasteiger partial charge in [-0.15, -0.1) is 0 Å². The monoisotopic (exact) mass is 328 g/mol. The highest BCUT2D eigenvalue weighted by molar-refractivity contribution is 9.10. The van der Waals surface area contributed by atoms with Crippen LogP contribution in [0.25, 0.3) is 0 Å². The van der Waals surface area contributed by atoms with Crippen molar-refractivity contribution in [3.8, 4) is 5.75 Å². The summed E-state index contributed by atoms with van der Waals surface area (Å²) in [6.45, 7) is 6.13. The van der Waals surface area contributed by atoms with E-state index in [-0.39, 0.29) is 11.6 Å². The van der Waals surface area contributed by atoms with Crippen LogP contribution in [0.15, 0.2) is 22.7 Å². The minimum atomic E-state index is -0.364. The van der Waals surface area contributed by atoms with Gasteiger partial charge < -0.3 is 9.47 Å². The van der Waals surface area contributed by atoms with Gasteiger partial charge in [-0.3, -0.25) is 0 Å². The third-order valence-electron chi connectivity index (χ3n) is 3.63. The number of methoxy groups -OCH3 is 1. The van der Waals surface area contributed by atoms with Gasteiger partial charge in [-0.25, -0.2) is 4.79 Å². The molecular formula is C15H21BrO3. The summed E-state index contributed by atoms with van der Waals surface area (Å²) in [6, 6.07) is 5.22. The lowest BCUT2D eigenvalue weighted by molar-refractivity contribution is -0.0249. The first-order chi connectivity index (χ1) is 9.01. The van der Waals surface area contributed by atoms with Crippen molar-refractivity contribution in [3.63, 3.8) is 0 Å². The number of benzene rings is 1. The van der Waals surface area contributed by atoms with Crippen molar-refractivity contribution in [2.75, 3.05) is 7.11 Å². The highest BCUT2D eigenvalue weighted by Gasteiger charge is 2.29. The highest BCUT2D eigenvalue weighted by atomic mass is 79.9. The SMILES string of the molecule is CCC(CC)(CC)OC(=O)c1ccc(Br)c(OC)c1. The maximum absolute atomic E-state index is 12.2. The summed E-state index contributed by atoms with van der Waals surface area (Å²) < 4.78 is 11.7. The molecular weight excluding hydrogens is 308 g/mol. The fourth-order valence-corrected chi connectivity index (χ4v) is 2.42. The molecule has 0 bridgehead atoms. The largest absolute Gasteiger partial charge is 0.496 e. The fourth-order valence-electron chi connectivity index (χ4n) is 2.01. The topological polar surface area (TPSA) is 35.5 Å². The molecule has 0 aliphatic carbocycles. The zero-order valence-electron chi connectivity index (χ0n) is 12.0. The van der Waals surface area contributed by atoms with Crippen molar-refractivity contribution in [3.05, 3.63) is 28.2 Å². The van der Waals surface area contributed by atoms with Gasteiger partial charge in [0.1, 0.15) is 11.4 Å². The van der Waals surface area contributed by atoms with E-state index in [2.05, 4.69) is 15.9 Å². The van der Waals surface area contributed by atoms with Gasteiger partial charge in [0.15, 0.2) is 0 Å². The Kier molecular flexibility index (Phi) is 5.85. The van der Waals surface area contributed by atoms with E-state index in [9.17, 15) is 4.79 Å². The molecule has 0 spiro atoms. The highest BCUT2D eigenvalue weighted by Crippen LogP contribution is 2.29. The number of hydrogen-bond acceptors (Lipinski definition) is 3. The molecule has 0 atom stereocenters. The molecule has 0 amide bonds. The second-order valence-corrected chi connectivity index (χ2v) is 5.34. The molecule has 0 aliphatic rings. The van der Waals surface area contributed by atoms with E-state index in [1.807, 2.05) is 20.8 Å². The van der Waals surface area contributed by atoms with Crippen molar-refractivity contribution in [1.29, 1.82) is 0 Å². The summed E-state index contributed by atoms with van der Waals surface area (Å²) in [4.78, 5) is 12.2. The third-order valence-corrected chi connectivity index (χ3v) is 4.28. The summed E-state index contributed by atoms with van der Waals surface area (Å²) in [5.41, 5.74) is 0.150. The summed E-state index contributed by atoms with van der Waals surface area (Å²) in [6.07, 6.45) is 2.46. The summed E-state index contributed by atoms with van der Waals surface area (Å²) >= 11 is 3.37. The van der Waals surface area contributed by atoms with Gasteiger partial charge >= 0.3 is 5.97 Å². The van der Waals surface area contributed by atoms with Crippen LogP contribution in [0.5, 0.6) is 5.75 Å². The molecule has 0 unspecified atom stereocenters. The Morgan fingerprint density at radius 1 is 1.21 bits per heavy atom. The Morgan fingerprint density at radius 3 is 2.26 bits per heavy atom. The second-order valence-electron chi connectivity index (χ2n) is 4.48. The Morgan fingerprint density at radius 2 is 1.79 bits per heavy atom. The molecule has 0 radical (unpaired) electrons. The standard InChI is InChI=1S/C15H21BrO3/c1-5-15(6-2,7-3)19-14(17)11-8-9-12(16)13(10-11)18-4/h8-10H,5-7H2,1-4H3. The molecule has 3 nitrogen and oxygen atoms in total. The Balaban J connectivity index is 2.94. The van der Waals surface area contributed by atoms with Gasteiger partial charge in [-0.05, 0) is 53.4 Å². The van der Waals surface area contributed by atoms with E-state index in [1.54, 1.807) is 25.3 Å². The molecule has 0 aliphatic heterocycles. The van der Waals surface area contributed by atoms with Gasteiger partial charge in [0.25, 0.3) is 0 Å². The average molecular weight is 329 g/mol. The minimum Gasteiger partial charge on any atom is -0.496 e. The quantitative estimate of drug-likeness (QED) is 0.717. The molecule has 4 heteroatoms. The molecule has 1 rings (SSSR count). The maximum Gasteiger partial charge on any atom is 0.338 e. The van der Waals surface area contributed by atoms with E-state index in [4.69, 9.17) is 9.47 Å². The van der Waals surface area contributed by atoms with Crippen LogP contribution in [0, 0.1) is 0 Å². The van der Waals surface area contributed by atoms with Crippen LogP contribution in [0.4, 0.5) is 0 Å². The summed E-state index contributed by atoms with van der Waals surface area (Å²) in [7, 11) is 1.57. The van der Waals surface area contributed by atoms with Crippen LogP contribution in [0.1, 0.15) is 50.4 Å². The van der Waals surface area contributed by atoms with E-state index in [0.29, 0.717) is 11.3 Å². The Bertz CT molecular complexity index is 431. The molecule has 0 aromatic heterocycles. The second kappa shape index (κ2) is 6.94. The van der Waals surface area contributed by atoms with Crippen LogP contribution in [-0.4, -0.2) is 18.7 Å². The summed E-state index contributed by atoms with van der Waals surface area (Å²) in [5.74, 6) is 0.334. The Hall–Kier alpha value is -1.03. The van der Waals surface area contributed by atoms with E-state index in [0.717, 1.165) is 23.7 Å². The molecule has 19 heavy (non-hydrogen) atoms. The molecule has 0 fully saturated rings. The van der Waals surface area contributed by atoms with Crippen molar-refractivity contribution in [2.45, 2.75) is 45.6 Å². The van der Waals surface area contributed by atoms with E-state index in [1.165, 1.54) is 0 Å². The molecule has 1 aromatic carbocycles. The van der Waals surface area contributed by atoms with Crippen LogP contribution < -0.4 is 4.74 Å². The van der Waals surface area contributed by atoms with E-state index >= 15 is 0 Å². The van der Waals surface area contributed by atoms with Gasteiger partial charge in [0.2, 0.25) is 0 Å². The number of esters is 1. The number of halogens is 1. The lowest BCUT2D eigenvalue weighted by Crippen LogP contribution is -2.33. The van der Waals surface area contributed by atoms with Crippen LogP contribution in [0.3, 0.4) is 0 Å². The van der Waals surface area contributed by atoms with Crippen LogP contribution >= 0.6 is 15.9 Å². The third kappa shape index (κ3) is 3.72. The van der Waals surface area contributed by atoms with Gasteiger partial charge in [-0.1, -0.05) is 20.8 Å². The van der Waals surface area contributed by atoms with Crippen molar-refractivity contribution in [2.24, 2.45) is 0 Å². The predicted octanol–water partition coefficient (Wildman–Crippen LogP) is 4.58. The van der Waals surface area contributed by atoms with Crippen molar-refractivity contribution >= 4 is 21.9 Å². The first kappa shape index (κ1) is 16.0. The number of rotatable bonds is 6. The molecule has 0 saturated carbocycles. The molecule has 0 N–H and O–H groups in total. The average Bonchev–Trinajstić information content (AvgIpc) is 2.45. The van der Waals surface area contributed by atoms with Crippen LogP contribution in [-0.2, 0) is 4.74 Å². The van der Waals surface area contributed by atoms with E-state index < -0.39 is 0 Å². The van der Waals surface area contributed by atoms with Crippen LogP contribution in [0.2, 0.25) is 0 Å².